The maximum Gasteiger partial charge on any atom is 0.231 e. The van der Waals surface area contributed by atoms with Crippen molar-refractivity contribution >= 4 is 65.6 Å². The Morgan fingerprint density at radius 1 is 0.492 bits per heavy atom. The van der Waals surface area contributed by atoms with Gasteiger partial charge in [0.1, 0.15) is 20.1 Å². The van der Waals surface area contributed by atoms with Crippen LogP contribution in [0, 0.1) is 13.8 Å². The van der Waals surface area contributed by atoms with Crippen molar-refractivity contribution in [2.24, 2.45) is 7.05 Å². The van der Waals surface area contributed by atoms with E-state index >= 15 is 0 Å². The fourth-order valence-electron chi connectivity index (χ4n) is 9.15. The molecule has 300 valence electrons. The van der Waals surface area contributed by atoms with E-state index in [1.807, 2.05) is 12.1 Å². The Balaban J connectivity index is 0.000000158. The lowest BCUT2D eigenvalue weighted by molar-refractivity contribution is -0.678. The molecule has 0 amide bonds. The van der Waals surface area contributed by atoms with E-state index in [-0.39, 0.29) is 13.6 Å². The number of hydrogen-bond acceptors (Lipinski definition) is 6. The zero-order chi connectivity index (χ0) is 40.5. The van der Waals surface area contributed by atoms with Crippen molar-refractivity contribution in [3.63, 3.8) is 0 Å². The standard InChI is InChI=1S/C30H38N4.C20H14NO4/c1-23-21-27(31)25-15-9-11-17-29(25)33(23)19-13-7-5-3-4-6-8-14-20-34-24(2)22-28(32)26-16-10-12-18-30(26)34;1-21-8-15-12(4-5-16-20(15)25-10-22-16)13-3-2-11-6-17-18(24-9-23-17)7-14(11)19(13)21/h9-12,15-18,21-22,31-32H,3-8,13-14,19-20H2,1-2H3;2-8H,9-10H2,1H3/q;+1/p+2. The van der Waals surface area contributed by atoms with Crippen LogP contribution in [0.15, 0.2) is 103 Å². The number of nitrogens with zero attached hydrogens (tertiary/aromatic N) is 3. The molecule has 0 fully saturated rings. The third-order valence-corrected chi connectivity index (χ3v) is 12.1. The van der Waals surface area contributed by atoms with Crippen molar-refractivity contribution in [1.82, 2.24) is 0 Å². The SMILES string of the molecule is C[n+]1cc2c3c(ccc2c2ccc4cc5c(cc4c21)OCO5)OCO3.Cc1cc(N)c2ccccc2[n+]1CCCCCCCCCC[n+]1c(C)cc(N)c2ccccc21. The van der Waals surface area contributed by atoms with Crippen LogP contribution < -0.4 is 44.1 Å². The normalized spacial score (nSPS) is 12.9. The molecule has 8 aromatic rings. The highest BCUT2D eigenvalue weighted by Crippen LogP contribution is 2.43. The smallest absolute Gasteiger partial charge is 0.231 e. The predicted octanol–water partition coefficient (Wildman–Crippen LogP) is 9.60. The Hall–Kier alpha value is -6.35. The van der Waals surface area contributed by atoms with Crippen molar-refractivity contribution in [2.75, 3.05) is 25.1 Å². The molecule has 0 saturated carbocycles. The highest BCUT2D eigenvalue weighted by atomic mass is 16.7. The number of nitrogens with two attached hydrogens (primary N) is 2. The molecule has 9 heteroatoms. The van der Waals surface area contributed by atoms with Gasteiger partial charge in [-0.1, -0.05) is 56.0 Å². The quantitative estimate of drug-likeness (QED) is 0.0770. The maximum atomic E-state index is 6.22. The van der Waals surface area contributed by atoms with Crippen LogP contribution in [0.4, 0.5) is 11.4 Å². The number of anilines is 2. The van der Waals surface area contributed by atoms with Gasteiger partial charge in [0.15, 0.2) is 40.6 Å². The second kappa shape index (κ2) is 16.5. The van der Waals surface area contributed by atoms with Crippen molar-refractivity contribution in [3.05, 3.63) is 115 Å². The zero-order valence-corrected chi connectivity index (χ0v) is 34.4. The summed E-state index contributed by atoms with van der Waals surface area (Å²) in [5.41, 5.74) is 20.4. The van der Waals surface area contributed by atoms with Crippen LogP contribution in [-0.4, -0.2) is 13.6 Å². The Labute approximate surface area is 345 Å². The van der Waals surface area contributed by atoms with Gasteiger partial charge in [-0.2, -0.15) is 13.7 Å². The molecule has 0 bridgehead atoms. The highest BCUT2D eigenvalue weighted by Gasteiger charge is 2.24. The molecule has 4 N–H and O–H groups in total. The van der Waals surface area contributed by atoms with Crippen molar-refractivity contribution in [2.45, 2.75) is 78.3 Å². The minimum Gasteiger partial charge on any atom is -0.454 e. The Morgan fingerprint density at radius 2 is 1.02 bits per heavy atom. The first-order chi connectivity index (χ1) is 28.9. The third kappa shape index (κ3) is 7.46. The number of ether oxygens (including phenoxy) is 4. The first kappa shape index (κ1) is 38.2. The number of pyridine rings is 3. The third-order valence-electron chi connectivity index (χ3n) is 12.1. The number of fused-ring (bicyclic) bond motifs is 10. The van der Waals surface area contributed by atoms with E-state index in [1.54, 1.807) is 0 Å². The van der Waals surface area contributed by atoms with Gasteiger partial charge >= 0.3 is 0 Å². The van der Waals surface area contributed by atoms with Crippen LogP contribution in [0.1, 0.15) is 62.8 Å². The summed E-state index contributed by atoms with van der Waals surface area (Å²) in [6.07, 6.45) is 12.4. The van der Waals surface area contributed by atoms with Gasteiger partial charge in [-0.25, -0.2) is 0 Å². The minimum absolute atomic E-state index is 0.275. The monoisotopic (exact) mass is 788 g/mol. The number of nitrogen functional groups attached to an aromatic ring is 2. The summed E-state index contributed by atoms with van der Waals surface area (Å²) >= 11 is 0. The Bertz CT molecular complexity index is 2780. The molecule has 0 unspecified atom stereocenters. The van der Waals surface area contributed by atoms with Gasteiger partial charge in [0.2, 0.25) is 30.1 Å². The number of unbranched alkanes of at least 4 members (excludes halogenated alkanes) is 7. The van der Waals surface area contributed by atoms with Gasteiger partial charge in [0.05, 0.1) is 38.3 Å². The molecule has 5 heterocycles. The average molecular weight is 789 g/mol. The van der Waals surface area contributed by atoms with Gasteiger partial charge in [-0.15, -0.1) is 0 Å². The van der Waals surface area contributed by atoms with E-state index in [4.69, 9.17) is 30.4 Å². The average Bonchev–Trinajstić information content (AvgIpc) is 3.93. The molecule has 10 rings (SSSR count). The van der Waals surface area contributed by atoms with Crippen LogP contribution in [-0.2, 0) is 20.1 Å². The molecular formula is C50H54N5O4+3. The Kier molecular flexibility index (Phi) is 10.7. The topological polar surface area (TPSA) is 101 Å². The Morgan fingerprint density at radius 3 is 1.64 bits per heavy atom. The summed E-state index contributed by atoms with van der Waals surface area (Å²) in [7, 11) is 2.06. The number of para-hydroxylation sites is 2. The number of rotatable bonds is 11. The van der Waals surface area contributed by atoms with Crippen molar-refractivity contribution in [3.8, 4) is 23.0 Å². The molecule has 5 aromatic carbocycles. The van der Waals surface area contributed by atoms with Crippen LogP contribution in [0.25, 0.3) is 54.3 Å². The lowest BCUT2D eigenvalue weighted by Gasteiger charge is -2.08. The van der Waals surface area contributed by atoms with Gasteiger partial charge in [0, 0.05) is 56.3 Å². The minimum atomic E-state index is 0.275. The van der Waals surface area contributed by atoms with Gasteiger partial charge in [-0.05, 0) is 60.7 Å². The predicted molar refractivity (Wildman–Crippen MR) is 236 cm³/mol. The van der Waals surface area contributed by atoms with E-state index < -0.39 is 0 Å². The summed E-state index contributed by atoms with van der Waals surface area (Å²) in [6.45, 7) is 7.02. The van der Waals surface area contributed by atoms with Crippen molar-refractivity contribution in [1.29, 1.82) is 0 Å². The fraction of sp³-hybridized carbons (Fsp3) is 0.300. The van der Waals surface area contributed by atoms with E-state index in [1.165, 1.54) is 79.2 Å². The molecule has 59 heavy (non-hydrogen) atoms. The molecule has 0 radical (unpaired) electrons. The molecule has 0 saturated heterocycles. The van der Waals surface area contributed by atoms with E-state index in [0.29, 0.717) is 0 Å². The van der Waals surface area contributed by atoms with Crippen LogP contribution >= 0.6 is 0 Å². The lowest BCUT2D eigenvalue weighted by Crippen LogP contribution is -2.38. The molecule has 2 aliphatic heterocycles. The first-order valence-electron chi connectivity index (χ1n) is 21.1. The number of aryl methyl sites for hydroxylation is 5. The van der Waals surface area contributed by atoms with E-state index in [0.717, 1.165) is 85.3 Å². The summed E-state index contributed by atoms with van der Waals surface area (Å²) in [6, 6.07) is 33.6. The van der Waals surface area contributed by atoms with Gasteiger partial charge in [0.25, 0.3) is 0 Å². The number of hydrogen-bond donors (Lipinski definition) is 2. The lowest BCUT2D eigenvalue weighted by atomic mass is 10.00. The molecule has 0 atom stereocenters. The second-order valence-electron chi connectivity index (χ2n) is 16.0. The molecule has 2 aliphatic rings. The molecular weight excluding hydrogens is 735 g/mol. The largest absolute Gasteiger partial charge is 0.454 e. The van der Waals surface area contributed by atoms with E-state index in [9.17, 15) is 0 Å². The van der Waals surface area contributed by atoms with Crippen molar-refractivity contribution < 1.29 is 32.6 Å². The summed E-state index contributed by atoms with van der Waals surface area (Å²) in [5.74, 6) is 3.22. The zero-order valence-electron chi connectivity index (χ0n) is 34.4. The highest BCUT2D eigenvalue weighted by molar-refractivity contribution is 6.15. The van der Waals surface area contributed by atoms with Crippen LogP contribution in [0.5, 0.6) is 23.0 Å². The molecule has 0 spiro atoms. The van der Waals surface area contributed by atoms with Crippen LogP contribution in [0.2, 0.25) is 0 Å². The first-order valence-corrected chi connectivity index (χ1v) is 21.1. The van der Waals surface area contributed by atoms with Gasteiger partial charge < -0.3 is 30.4 Å². The molecule has 3 aromatic heterocycles. The molecule has 9 nitrogen and oxygen atoms in total. The number of benzene rings is 5. The molecule has 0 aliphatic carbocycles. The van der Waals surface area contributed by atoms with Gasteiger partial charge in [-0.3, -0.25) is 0 Å². The van der Waals surface area contributed by atoms with Crippen LogP contribution in [0.3, 0.4) is 0 Å². The van der Waals surface area contributed by atoms with E-state index in [2.05, 4.69) is 126 Å². The second-order valence-corrected chi connectivity index (χ2v) is 16.0. The summed E-state index contributed by atoms with van der Waals surface area (Å²) in [4.78, 5) is 0. The number of aromatic nitrogens is 3. The fourth-order valence-corrected chi connectivity index (χ4v) is 9.15. The maximum absolute atomic E-state index is 6.22. The summed E-state index contributed by atoms with van der Waals surface area (Å²) in [5, 5.41) is 7.98. The summed E-state index contributed by atoms with van der Waals surface area (Å²) < 4.78 is 29.3.